The quantitative estimate of drug-likeness (QED) is 0.486. The molecule has 0 saturated carbocycles. The van der Waals surface area contributed by atoms with Gasteiger partial charge in [-0.15, -0.1) is 0 Å². The molecule has 1 aliphatic heterocycles. The molecule has 4 rings (SSSR count). The molecule has 0 aliphatic carbocycles. The van der Waals surface area contributed by atoms with Crippen molar-refractivity contribution in [3.8, 4) is 17.5 Å². The number of likely N-dealkylation sites (N-methyl/N-ethyl adjacent to an activating group) is 1. The molecule has 8 nitrogen and oxygen atoms in total. The number of hydrogen-bond acceptors (Lipinski definition) is 5. The Morgan fingerprint density at radius 2 is 2.14 bits per heavy atom. The van der Waals surface area contributed by atoms with Gasteiger partial charge in [-0.2, -0.15) is 5.10 Å². The molecule has 3 N–H and O–H groups in total. The number of pyridine rings is 1. The van der Waals surface area contributed by atoms with E-state index in [0.717, 1.165) is 0 Å². The second-order valence-electron chi connectivity index (χ2n) is 6.77. The molecule has 2 amide bonds. The smallest absolute Gasteiger partial charge is 0.269 e. The Labute approximate surface area is 170 Å². The van der Waals surface area contributed by atoms with Crippen LogP contribution in [0.4, 0.5) is 0 Å². The van der Waals surface area contributed by atoms with Gasteiger partial charge in [-0.05, 0) is 30.3 Å². The highest BCUT2D eigenvalue weighted by atomic mass is 35.5. The molecule has 9 heteroatoms. The number of carbonyl (C=O) groups excluding carboxylic acids is 2. The number of aromatic nitrogens is 3. The maximum absolute atomic E-state index is 12.1. The zero-order chi connectivity index (χ0) is 20.8. The van der Waals surface area contributed by atoms with Gasteiger partial charge in [-0.25, -0.2) is 9.67 Å². The van der Waals surface area contributed by atoms with Crippen LogP contribution in [0.25, 0.3) is 16.7 Å². The third-order valence-corrected chi connectivity index (χ3v) is 4.95. The van der Waals surface area contributed by atoms with Gasteiger partial charge in [0.2, 0.25) is 5.60 Å². The van der Waals surface area contributed by atoms with Crippen molar-refractivity contribution < 1.29 is 14.7 Å². The Morgan fingerprint density at radius 1 is 1.34 bits per heavy atom. The van der Waals surface area contributed by atoms with Crippen LogP contribution in [0.5, 0.6) is 0 Å². The van der Waals surface area contributed by atoms with Crippen molar-refractivity contribution in [3.05, 3.63) is 52.8 Å². The Kier molecular flexibility index (Phi) is 4.49. The summed E-state index contributed by atoms with van der Waals surface area (Å²) in [5.74, 6) is 4.43. The van der Waals surface area contributed by atoms with Crippen LogP contribution in [0.1, 0.15) is 22.5 Å². The minimum atomic E-state index is -1.68. The molecular weight excluding hydrogens is 394 g/mol. The van der Waals surface area contributed by atoms with E-state index in [1.807, 2.05) is 0 Å². The van der Waals surface area contributed by atoms with Crippen LogP contribution in [0.3, 0.4) is 0 Å². The zero-order valence-electron chi connectivity index (χ0n) is 15.4. The Balaban J connectivity index is 1.78. The standard InChI is InChI=1S/C20H16ClN5O3/c1-25-10-9-20(29,19(25)28)8-7-12-3-2-4-13(11-12)26-18-14(5-6-15(21)23-18)16(24-26)17(22)27/h2-6,11,29H,9-10H2,1H3,(H2,22,27). The molecule has 1 aliphatic rings. The molecule has 1 unspecified atom stereocenters. The van der Waals surface area contributed by atoms with E-state index in [1.54, 1.807) is 43.4 Å². The Bertz CT molecular complexity index is 1230. The van der Waals surface area contributed by atoms with Crippen LogP contribution < -0.4 is 5.73 Å². The van der Waals surface area contributed by atoms with E-state index in [-0.39, 0.29) is 17.3 Å². The van der Waals surface area contributed by atoms with Gasteiger partial charge < -0.3 is 15.7 Å². The maximum atomic E-state index is 12.1. The Hall–Kier alpha value is -3.41. The van der Waals surface area contributed by atoms with Gasteiger partial charge in [0.1, 0.15) is 5.15 Å². The molecule has 1 saturated heterocycles. The minimum absolute atomic E-state index is 0.0783. The zero-order valence-corrected chi connectivity index (χ0v) is 16.1. The molecule has 1 fully saturated rings. The average Bonchev–Trinajstić information content (AvgIpc) is 3.20. The van der Waals surface area contributed by atoms with Gasteiger partial charge in [0, 0.05) is 25.6 Å². The average molecular weight is 410 g/mol. The summed E-state index contributed by atoms with van der Waals surface area (Å²) in [4.78, 5) is 29.5. The lowest BCUT2D eigenvalue weighted by Crippen LogP contribution is -2.37. The molecule has 3 aromatic rings. The number of likely N-dealkylation sites (tertiary alicyclic amines) is 1. The van der Waals surface area contributed by atoms with Crippen LogP contribution in [-0.2, 0) is 4.79 Å². The van der Waals surface area contributed by atoms with Crippen LogP contribution in [0.15, 0.2) is 36.4 Å². The first-order valence-electron chi connectivity index (χ1n) is 8.75. The summed E-state index contributed by atoms with van der Waals surface area (Å²) >= 11 is 6.01. The summed E-state index contributed by atoms with van der Waals surface area (Å²) in [6.45, 7) is 0.450. The number of halogens is 1. The van der Waals surface area contributed by atoms with E-state index in [1.165, 1.54) is 9.58 Å². The van der Waals surface area contributed by atoms with Crippen molar-refractivity contribution in [3.63, 3.8) is 0 Å². The van der Waals surface area contributed by atoms with E-state index in [4.69, 9.17) is 17.3 Å². The lowest BCUT2D eigenvalue weighted by Gasteiger charge is -2.13. The second kappa shape index (κ2) is 6.88. The molecule has 0 radical (unpaired) electrons. The fraction of sp³-hybridized carbons (Fsp3) is 0.200. The lowest BCUT2D eigenvalue weighted by atomic mass is 10.0. The molecule has 0 spiro atoms. The number of benzene rings is 1. The van der Waals surface area contributed by atoms with E-state index in [9.17, 15) is 14.7 Å². The van der Waals surface area contributed by atoms with E-state index in [0.29, 0.717) is 28.8 Å². The molecular formula is C20H16ClN5O3. The molecule has 0 bridgehead atoms. The summed E-state index contributed by atoms with van der Waals surface area (Å²) in [5, 5.41) is 15.5. The number of primary amides is 1. The van der Waals surface area contributed by atoms with Crippen LogP contribution in [-0.4, -0.2) is 55.8 Å². The predicted octanol–water partition coefficient (Wildman–Crippen LogP) is 1.12. The van der Waals surface area contributed by atoms with Gasteiger partial charge in [0.25, 0.3) is 11.8 Å². The SMILES string of the molecule is CN1CCC(O)(C#Cc2cccc(-n3nc(C(N)=O)c4ccc(Cl)nc43)c2)C1=O. The fourth-order valence-electron chi connectivity index (χ4n) is 3.20. The summed E-state index contributed by atoms with van der Waals surface area (Å²) in [6, 6.07) is 10.1. The number of amides is 2. The molecule has 146 valence electrons. The Morgan fingerprint density at radius 3 is 2.83 bits per heavy atom. The third kappa shape index (κ3) is 3.31. The largest absolute Gasteiger partial charge is 0.369 e. The second-order valence-corrected chi connectivity index (χ2v) is 7.15. The fourth-order valence-corrected chi connectivity index (χ4v) is 3.34. The van der Waals surface area contributed by atoms with Gasteiger partial charge in [-0.1, -0.05) is 29.5 Å². The van der Waals surface area contributed by atoms with E-state index >= 15 is 0 Å². The number of carbonyl (C=O) groups is 2. The predicted molar refractivity (Wildman–Crippen MR) is 106 cm³/mol. The number of fused-ring (bicyclic) bond motifs is 1. The first-order valence-corrected chi connectivity index (χ1v) is 9.13. The van der Waals surface area contributed by atoms with Crippen molar-refractivity contribution in [1.82, 2.24) is 19.7 Å². The topological polar surface area (TPSA) is 114 Å². The molecule has 1 atom stereocenters. The summed E-state index contributed by atoms with van der Waals surface area (Å²) in [5.41, 5.74) is 5.34. The van der Waals surface area contributed by atoms with Gasteiger partial charge in [0.05, 0.1) is 11.1 Å². The number of hydrogen-bond donors (Lipinski definition) is 2. The van der Waals surface area contributed by atoms with Crippen molar-refractivity contribution in [1.29, 1.82) is 0 Å². The highest BCUT2D eigenvalue weighted by molar-refractivity contribution is 6.29. The first-order chi connectivity index (χ1) is 13.8. The number of nitrogens with two attached hydrogens (primary N) is 1. The van der Waals surface area contributed by atoms with Gasteiger partial charge in [0.15, 0.2) is 11.3 Å². The van der Waals surface area contributed by atoms with Crippen molar-refractivity contribution in [2.45, 2.75) is 12.0 Å². The molecule has 29 heavy (non-hydrogen) atoms. The third-order valence-electron chi connectivity index (χ3n) is 4.74. The highest BCUT2D eigenvalue weighted by Gasteiger charge is 2.42. The first kappa shape index (κ1) is 18.9. The monoisotopic (exact) mass is 409 g/mol. The van der Waals surface area contributed by atoms with Crippen LogP contribution >= 0.6 is 11.6 Å². The number of rotatable bonds is 2. The van der Waals surface area contributed by atoms with Gasteiger partial charge >= 0.3 is 0 Å². The van der Waals surface area contributed by atoms with Crippen molar-refractivity contribution in [2.75, 3.05) is 13.6 Å². The summed E-state index contributed by atoms with van der Waals surface area (Å²) in [7, 11) is 1.62. The summed E-state index contributed by atoms with van der Waals surface area (Å²) in [6.07, 6.45) is 0.253. The highest BCUT2D eigenvalue weighted by Crippen LogP contribution is 2.24. The van der Waals surface area contributed by atoms with Crippen LogP contribution in [0, 0.1) is 11.8 Å². The van der Waals surface area contributed by atoms with Crippen molar-refractivity contribution >= 4 is 34.4 Å². The maximum Gasteiger partial charge on any atom is 0.269 e. The normalized spacial score (nSPS) is 18.7. The van der Waals surface area contributed by atoms with Gasteiger partial charge in [-0.3, -0.25) is 9.59 Å². The number of nitrogens with zero attached hydrogens (tertiary/aromatic N) is 4. The molecule has 2 aromatic heterocycles. The summed E-state index contributed by atoms with van der Waals surface area (Å²) < 4.78 is 1.45. The van der Waals surface area contributed by atoms with E-state index in [2.05, 4.69) is 21.9 Å². The minimum Gasteiger partial charge on any atom is -0.369 e. The lowest BCUT2D eigenvalue weighted by molar-refractivity contribution is -0.137. The van der Waals surface area contributed by atoms with Crippen LogP contribution in [0.2, 0.25) is 5.15 Å². The number of aliphatic hydroxyl groups is 1. The molecule has 1 aromatic carbocycles. The van der Waals surface area contributed by atoms with E-state index < -0.39 is 17.4 Å². The van der Waals surface area contributed by atoms with Crippen molar-refractivity contribution in [2.24, 2.45) is 5.73 Å². The molecule has 3 heterocycles.